The number of rotatable bonds is 2. The van der Waals surface area contributed by atoms with Crippen LogP contribution in [0, 0.1) is 0 Å². The van der Waals surface area contributed by atoms with Crippen molar-refractivity contribution in [3.63, 3.8) is 0 Å². The summed E-state index contributed by atoms with van der Waals surface area (Å²) >= 11 is 0. The van der Waals surface area contributed by atoms with E-state index in [2.05, 4.69) is 0 Å². The zero-order valence-electron chi connectivity index (χ0n) is 8.38. The van der Waals surface area contributed by atoms with Crippen molar-refractivity contribution in [2.45, 2.75) is 6.42 Å². The van der Waals surface area contributed by atoms with Crippen molar-refractivity contribution >= 4 is 0 Å². The Balaban J connectivity index is 2.26. The Bertz CT molecular complexity index is 540. The molecule has 4 nitrogen and oxygen atoms in total. The molecule has 4 heteroatoms. The predicted octanol–water partition coefficient (Wildman–Crippen LogP) is 1.64. The van der Waals surface area contributed by atoms with Crippen LogP contribution < -0.4 is 5.63 Å². The fraction of sp³-hybridized carbons (Fsp3) is 0.0833. The monoisotopic (exact) mass is 218 g/mol. The van der Waals surface area contributed by atoms with Crippen molar-refractivity contribution in [2.75, 3.05) is 0 Å². The third-order valence-corrected chi connectivity index (χ3v) is 2.12. The van der Waals surface area contributed by atoms with Crippen LogP contribution in [0.3, 0.4) is 0 Å². The van der Waals surface area contributed by atoms with Gasteiger partial charge in [0.15, 0.2) is 0 Å². The summed E-state index contributed by atoms with van der Waals surface area (Å²) in [6.45, 7) is 0. The van der Waals surface area contributed by atoms with Crippen molar-refractivity contribution in [1.29, 1.82) is 0 Å². The number of benzene rings is 1. The van der Waals surface area contributed by atoms with Gasteiger partial charge in [0, 0.05) is 12.5 Å². The molecule has 0 radical (unpaired) electrons. The lowest BCUT2D eigenvalue weighted by Crippen LogP contribution is -1.99. The molecule has 0 fully saturated rings. The van der Waals surface area contributed by atoms with Gasteiger partial charge in [-0.05, 0) is 17.7 Å². The lowest BCUT2D eigenvalue weighted by molar-refractivity contribution is 0.428. The third kappa shape index (κ3) is 2.42. The van der Waals surface area contributed by atoms with Gasteiger partial charge in [0.05, 0.1) is 6.07 Å². The normalized spacial score (nSPS) is 10.2. The summed E-state index contributed by atoms with van der Waals surface area (Å²) in [4.78, 5) is 11.0. The largest absolute Gasteiger partial charge is 0.508 e. The first kappa shape index (κ1) is 10.3. The number of hydrogen-bond donors (Lipinski definition) is 2. The maximum absolute atomic E-state index is 11.0. The number of aromatic hydroxyl groups is 2. The molecule has 82 valence electrons. The Kier molecular flexibility index (Phi) is 2.64. The van der Waals surface area contributed by atoms with Crippen LogP contribution >= 0.6 is 0 Å². The van der Waals surface area contributed by atoms with Gasteiger partial charge in [-0.25, -0.2) is 4.79 Å². The van der Waals surface area contributed by atoms with Crippen LogP contribution in [-0.2, 0) is 6.42 Å². The van der Waals surface area contributed by atoms with Gasteiger partial charge in [0.25, 0.3) is 0 Å². The summed E-state index contributed by atoms with van der Waals surface area (Å²) in [5.41, 5.74) is 0.306. The van der Waals surface area contributed by atoms with Gasteiger partial charge >= 0.3 is 5.63 Å². The second kappa shape index (κ2) is 4.10. The van der Waals surface area contributed by atoms with Gasteiger partial charge in [-0.1, -0.05) is 12.1 Å². The van der Waals surface area contributed by atoms with Crippen molar-refractivity contribution in [1.82, 2.24) is 0 Å². The summed E-state index contributed by atoms with van der Waals surface area (Å²) in [5.74, 6) is 0.460. The molecule has 1 aromatic heterocycles. The molecule has 0 amide bonds. The van der Waals surface area contributed by atoms with Crippen molar-refractivity contribution in [3.05, 3.63) is 58.1 Å². The summed E-state index contributed by atoms with van der Waals surface area (Å²) in [7, 11) is 0. The van der Waals surface area contributed by atoms with Gasteiger partial charge in [0.1, 0.15) is 17.3 Å². The number of phenols is 1. The zero-order chi connectivity index (χ0) is 11.5. The standard InChI is InChI=1S/C12H10O4/c13-9-3-1-8(2-4-9)5-11-6-10(14)7-12(15)16-11/h1-4,6-7,13-14H,5H2. The number of hydrogen-bond acceptors (Lipinski definition) is 4. The Labute approximate surface area is 91.4 Å². The molecule has 2 rings (SSSR count). The van der Waals surface area contributed by atoms with Gasteiger partial charge in [-0.15, -0.1) is 0 Å². The first-order chi connectivity index (χ1) is 7.63. The molecule has 2 N–H and O–H groups in total. The molecule has 0 bridgehead atoms. The SMILES string of the molecule is O=c1cc(O)cc(Cc2ccc(O)cc2)o1. The average Bonchev–Trinajstić information content (AvgIpc) is 2.20. The highest BCUT2D eigenvalue weighted by Gasteiger charge is 2.02. The average molecular weight is 218 g/mol. The summed E-state index contributed by atoms with van der Waals surface area (Å²) in [5, 5.41) is 18.3. The fourth-order valence-corrected chi connectivity index (χ4v) is 1.42. The maximum atomic E-state index is 11.0. The van der Waals surface area contributed by atoms with Gasteiger partial charge in [-0.2, -0.15) is 0 Å². The Morgan fingerprint density at radius 3 is 2.31 bits per heavy atom. The highest BCUT2D eigenvalue weighted by molar-refractivity contribution is 5.29. The quantitative estimate of drug-likeness (QED) is 0.803. The van der Waals surface area contributed by atoms with E-state index in [-0.39, 0.29) is 11.5 Å². The topological polar surface area (TPSA) is 70.7 Å². The van der Waals surface area contributed by atoms with Crippen molar-refractivity contribution in [3.8, 4) is 11.5 Å². The molecule has 16 heavy (non-hydrogen) atoms. The highest BCUT2D eigenvalue weighted by atomic mass is 16.4. The molecule has 0 aliphatic heterocycles. The minimum absolute atomic E-state index is 0.106. The van der Waals surface area contributed by atoms with E-state index in [0.29, 0.717) is 12.2 Å². The van der Waals surface area contributed by atoms with Crippen LogP contribution in [0.25, 0.3) is 0 Å². The van der Waals surface area contributed by atoms with Crippen LogP contribution in [0.2, 0.25) is 0 Å². The lowest BCUT2D eigenvalue weighted by Gasteiger charge is -2.01. The van der Waals surface area contributed by atoms with Crippen molar-refractivity contribution in [2.24, 2.45) is 0 Å². The maximum Gasteiger partial charge on any atom is 0.339 e. The Morgan fingerprint density at radius 1 is 1.00 bits per heavy atom. The van der Waals surface area contributed by atoms with Crippen LogP contribution in [0.15, 0.2) is 45.6 Å². The Hall–Kier alpha value is -2.23. The fourth-order valence-electron chi connectivity index (χ4n) is 1.42. The van der Waals surface area contributed by atoms with Crippen LogP contribution in [0.5, 0.6) is 11.5 Å². The Morgan fingerprint density at radius 2 is 1.69 bits per heavy atom. The minimum Gasteiger partial charge on any atom is -0.508 e. The van der Waals surface area contributed by atoms with E-state index in [9.17, 15) is 9.90 Å². The van der Waals surface area contributed by atoms with E-state index < -0.39 is 5.63 Å². The highest BCUT2D eigenvalue weighted by Crippen LogP contribution is 2.15. The van der Waals surface area contributed by atoms with Gasteiger partial charge in [-0.3, -0.25) is 0 Å². The molecule has 1 heterocycles. The molecule has 0 aliphatic rings. The molecule has 0 saturated heterocycles. The van der Waals surface area contributed by atoms with E-state index in [0.717, 1.165) is 11.6 Å². The van der Waals surface area contributed by atoms with Gasteiger partial charge < -0.3 is 14.6 Å². The molecular formula is C12H10O4. The predicted molar refractivity (Wildman–Crippen MR) is 57.6 cm³/mol. The van der Waals surface area contributed by atoms with Crippen LogP contribution in [-0.4, -0.2) is 10.2 Å². The van der Waals surface area contributed by atoms with Crippen LogP contribution in [0.1, 0.15) is 11.3 Å². The first-order valence-corrected chi connectivity index (χ1v) is 4.74. The molecule has 0 aliphatic carbocycles. The lowest BCUT2D eigenvalue weighted by atomic mass is 10.1. The van der Waals surface area contributed by atoms with E-state index in [4.69, 9.17) is 9.52 Å². The van der Waals surface area contributed by atoms with E-state index >= 15 is 0 Å². The molecule has 0 spiro atoms. The van der Waals surface area contributed by atoms with E-state index in [1.807, 2.05) is 0 Å². The first-order valence-electron chi connectivity index (χ1n) is 4.74. The molecule has 1 aromatic carbocycles. The third-order valence-electron chi connectivity index (χ3n) is 2.12. The summed E-state index contributed by atoms with van der Waals surface area (Å²) < 4.78 is 4.91. The summed E-state index contributed by atoms with van der Waals surface area (Å²) in [6, 6.07) is 8.96. The smallest absolute Gasteiger partial charge is 0.339 e. The second-order valence-corrected chi connectivity index (χ2v) is 3.44. The minimum atomic E-state index is -0.575. The molecule has 0 atom stereocenters. The molecular weight excluding hydrogens is 208 g/mol. The van der Waals surface area contributed by atoms with E-state index in [1.165, 1.54) is 6.07 Å². The molecule has 0 unspecified atom stereocenters. The molecule has 0 saturated carbocycles. The van der Waals surface area contributed by atoms with Crippen molar-refractivity contribution < 1.29 is 14.6 Å². The number of phenolic OH excluding ortho intramolecular Hbond substituents is 1. The molecule has 2 aromatic rings. The van der Waals surface area contributed by atoms with E-state index in [1.54, 1.807) is 24.3 Å². The second-order valence-electron chi connectivity index (χ2n) is 3.44. The van der Waals surface area contributed by atoms with Crippen LogP contribution in [0.4, 0.5) is 0 Å². The summed E-state index contributed by atoms with van der Waals surface area (Å²) in [6.07, 6.45) is 0.393. The zero-order valence-corrected chi connectivity index (χ0v) is 8.38. The van der Waals surface area contributed by atoms with Gasteiger partial charge in [0.2, 0.25) is 0 Å².